The van der Waals surface area contributed by atoms with Crippen molar-refractivity contribution in [3.8, 4) is 11.1 Å². The van der Waals surface area contributed by atoms with Crippen molar-refractivity contribution >= 4 is 11.6 Å². The van der Waals surface area contributed by atoms with Gasteiger partial charge in [0.25, 0.3) is 0 Å². The lowest BCUT2D eigenvalue weighted by molar-refractivity contribution is 0.447. The molecular formula is C25H20F4. The summed E-state index contributed by atoms with van der Waals surface area (Å²) >= 11 is 0. The zero-order chi connectivity index (χ0) is 20.5. The normalized spacial score (nSPS) is 13.2. The Morgan fingerprint density at radius 1 is 0.759 bits per heavy atom. The van der Waals surface area contributed by atoms with Gasteiger partial charge in [-0.15, -0.1) is 0 Å². The minimum absolute atomic E-state index is 0.0111. The van der Waals surface area contributed by atoms with Gasteiger partial charge in [-0.25, -0.2) is 17.6 Å². The number of hydrogen-bond donors (Lipinski definition) is 0. The van der Waals surface area contributed by atoms with Crippen LogP contribution in [0.1, 0.15) is 42.0 Å². The second kappa shape index (κ2) is 7.86. The van der Waals surface area contributed by atoms with E-state index in [2.05, 4.69) is 31.2 Å². The lowest BCUT2D eigenvalue weighted by Gasteiger charge is -2.19. The lowest BCUT2D eigenvalue weighted by atomic mass is 9.86. The molecule has 0 spiro atoms. The molecule has 0 saturated carbocycles. The van der Waals surface area contributed by atoms with E-state index in [1.165, 1.54) is 11.6 Å². The fourth-order valence-electron chi connectivity index (χ4n) is 3.88. The summed E-state index contributed by atoms with van der Waals surface area (Å²) < 4.78 is 55.5. The fraction of sp³-hybridized carbons (Fsp3) is 0.200. The maximum atomic E-state index is 15.1. The number of aryl methyl sites for hydroxylation is 1. The molecule has 0 amide bonds. The first-order valence-corrected chi connectivity index (χ1v) is 9.74. The van der Waals surface area contributed by atoms with Crippen molar-refractivity contribution in [2.24, 2.45) is 0 Å². The molecule has 0 unspecified atom stereocenters. The van der Waals surface area contributed by atoms with E-state index >= 15 is 4.39 Å². The minimum Gasteiger partial charge on any atom is -0.206 e. The summed E-state index contributed by atoms with van der Waals surface area (Å²) in [5.41, 5.74) is 4.87. The predicted octanol–water partition coefficient (Wildman–Crippen LogP) is 7.35. The molecule has 3 aromatic rings. The molecule has 29 heavy (non-hydrogen) atoms. The van der Waals surface area contributed by atoms with Gasteiger partial charge in [0.05, 0.1) is 0 Å². The van der Waals surface area contributed by atoms with Crippen molar-refractivity contribution in [1.29, 1.82) is 0 Å². The first-order chi connectivity index (χ1) is 14.0. The van der Waals surface area contributed by atoms with Gasteiger partial charge in [-0.1, -0.05) is 55.8 Å². The molecule has 3 aromatic carbocycles. The van der Waals surface area contributed by atoms with Crippen molar-refractivity contribution in [2.75, 3.05) is 0 Å². The highest BCUT2D eigenvalue weighted by molar-refractivity contribution is 5.85. The van der Waals surface area contributed by atoms with E-state index in [0.717, 1.165) is 41.7 Å². The van der Waals surface area contributed by atoms with Gasteiger partial charge < -0.3 is 0 Å². The van der Waals surface area contributed by atoms with Crippen LogP contribution in [0.4, 0.5) is 17.6 Å². The summed E-state index contributed by atoms with van der Waals surface area (Å²) in [7, 11) is 0. The van der Waals surface area contributed by atoms with Gasteiger partial charge in [-0.2, -0.15) is 0 Å². The minimum atomic E-state index is -1.55. The Balaban J connectivity index is 1.70. The second-order valence-corrected chi connectivity index (χ2v) is 7.37. The number of halogens is 4. The van der Waals surface area contributed by atoms with Gasteiger partial charge in [-0.3, -0.25) is 0 Å². The van der Waals surface area contributed by atoms with E-state index in [-0.39, 0.29) is 11.1 Å². The van der Waals surface area contributed by atoms with Gasteiger partial charge in [0.15, 0.2) is 17.5 Å². The summed E-state index contributed by atoms with van der Waals surface area (Å²) in [6.45, 7) is 2.14. The van der Waals surface area contributed by atoms with Gasteiger partial charge in [0.2, 0.25) is 0 Å². The number of rotatable bonds is 4. The van der Waals surface area contributed by atoms with Crippen molar-refractivity contribution < 1.29 is 17.6 Å². The number of hydrogen-bond acceptors (Lipinski definition) is 0. The number of allylic oxidation sites excluding steroid dienone is 1. The Kier molecular flexibility index (Phi) is 5.27. The molecule has 148 valence electrons. The molecule has 1 aliphatic carbocycles. The zero-order valence-electron chi connectivity index (χ0n) is 16.0. The smallest absolute Gasteiger partial charge is 0.194 e. The van der Waals surface area contributed by atoms with Crippen LogP contribution in [0.25, 0.3) is 22.8 Å². The van der Waals surface area contributed by atoms with Crippen molar-refractivity contribution in [2.45, 2.75) is 32.6 Å². The molecule has 0 nitrogen and oxygen atoms in total. The number of benzene rings is 3. The largest absolute Gasteiger partial charge is 0.206 e. The average molecular weight is 396 g/mol. The van der Waals surface area contributed by atoms with Crippen molar-refractivity contribution in [1.82, 2.24) is 0 Å². The van der Waals surface area contributed by atoms with Crippen LogP contribution in [0.2, 0.25) is 0 Å². The Morgan fingerprint density at radius 3 is 2.10 bits per heavy atom. The van der Waals surface area contributed by atoms with E-state index in [0.29, 0.717) is 18.4 Å². The molecule has 0 radical (unpaired) electrons. The summed E-state index contributed by atoms with van der Waals surface area (Å²) in [6, 6.07) is 13.3. The number of fused-ring (bicyclic) bond motifs is 1. The van der Waals surface area contributed by atoms with Crippen LogP contribution in [0.3, 0.4) is 0 Å². The van der Waals surface area contributed by atoms with E-state index in [1.54, 1.807) is 6.07 Å². The van der Waals surface area contributed by atoms with Crippen LogP contribution in [-0.4, -0.2) is 0 Å². The first kappa shape index (κ1) is 19.4. The standard InChI is InChI=1S/C25H20F4/c1-2-3-15-4-6-16(7-5-15)17-8-10-20-18(12-17)9-11-21(24(20)28)19-13-22(26)25(29)23(27)14-19/h4-7,9,11-14H,2-3,8,10H2,1H3. The van der Waals surface area contributed by atoms with Gasteiger partial charge in [0.1, 0.15) is 5.82 Å². The maximum absolute atomic E-state index is 15.1. The zero-order valence-corrected chi connectivity index (χ0v) is 16.0. The van der Waals surface area contributed by atoms with Gasteiger partial charge >= 0.3 is 0 Å². The van der Waals surface area contributed by atoms with E-state index in [1.807, 2.05) is 6.08 Å². The fourth-order valence-corrected chi connectivity index (χ4v) is 3.88. The van der Waals surface area contributed by atoms with E-state index in [4.69, 9.17) is 0 Å². The topological polar surface area (TPSA) is 0 Å². The third-order valence-corrected chi connectivity index (χ3v) is 5.41. The highest BCUT2D eigenvalue weighted by atomic mass is 19.2. The maximum Gasteiger partial charge on any atom is 0.194 e. The molecule has 0 fully saturated rings. The Hall–Kier alpha value is -2.88. The van der Waals surface area contributed by atoms with E-state index < -0.39 is 23.3 Å². The quantitative estimate of drug-likeness (QED) is 0.319. The molecular weight excluding hydrogens is 376 g/mol. The summed E-state index contributed by atoms with van der Waals surface area (Å²) in [6.07, 6.45) is 5.27. The molecule has 0 aliphatic heterocycles. The molecule has 4 heteroatoms. The van der Waals surface area contributed by atoms with Crippen LogP contribution >= 0.6 is 0 Å². The summed E-state index contributed by atoms with van der Waals surface area (Å²) in [5, 5.41) is 0. The van der Waals surface area contributed by atoms with Crippen LogP contribution in [-0.2, 0) is 12.8 Å². The van der Waals surface area contributed by atoms with Crippen molar-refractivity contribution in [3.63, 3.8) is 0 Å². The highest BCUT2D eigenvalue weighted by Gasteiger charge is 2.20. The molecule has 0 N–H and O–H groups in total. The highest BCUT2D eigenvalue weighted by Crippen LogP contribution is 2.36. The first-order valence-electron chi connectivity index (χ1n) is 9.74. The van der Waals surface area contributed by atoms with Crippen molar-refractivity contribution in [3.05, 3.63) is 94.1 Å². The summed E-state index contributed by atoms with van der Waals surface area (Å²) in [4.78, 5) is 0. The Labute approximate surface area is 167 Å². The van der Waals surface area contributed by atoms with Crippen LogP contribution in [0.5, 0.6) is 0 Å². The third kappa shape index (κ3) is 3.71. The van der Waals surface area contributed by atoms with Crippen LogP contribution in [0, 0.1) is 23.3 Å². The Morgan fingerprint density at radius 2 is 1.45 bits per heavy atom. The second-order valence-electron chi connectivity index (χ2n) is 7.37. The molecule has 0 bridgehead atoms. The molecule has 1 aliphatic rings. The average Bonchev–Trinajstić information content (AvgIpc) is 2.72. The molecule has 0 atom stereocenters. The third-order valence-electron chi connectivity index (χ3n) is 5.41. The van der Waals surface area contributed by atoms with Crippen LogP contribution in [0.15, 0.2) is 48.5 Å². The lowest BCUT2D eigenvalue weighted by Crippen LogP contribution is -2.04. The Bertz CT molecular complexity index is 1070. The predicted molar refractivity (Wildman–Crippen MR) is 108 cm³/mol. The molecule has 0 heterocycles. The molecule has 0 saturated heterocycles. The SMILES string of the molecule is CCCc1ccc(C2=Cc3ccc(-c4cc(F)c(F)c(F)c4)c(F)c3CC2)cc1. The molecule has 0 aromatic heterocycles. The molecule has 4 rings (SSSR count). The van der Waals surface area contributed by atoms with Crippen LogP contribution < -0.4 is 0 Å². The van der Waals surface area contributed by atoms with Gasteiger partial charge in [0, 0.05) is 5.56 Å². The van der Waals surface area contributed by atoms with E-state index in [9.17, 15) is 13.2 Å². The van der Waals surface area contributed by atoms with Gasteiger partial charge in [-0.05, 0) is 64.8 Å². The monoisotopic (exact) mass is 396 g/mol. The summed E-state index contributed by atoms with van der Waals surface area (Å²) in [5.74, 6) is -4.72.